The second-order valence-corrected chi connectivity index (χ2v) is 6.49. The van der Waals surface area contributed by atoms with Crippen molar-refractivity contribution in [1.29, 1.82) is 0 Å². The average molecular weight is 397 g/mol. The first kappa shape index (κ1) is 17.6. The molecule has 1 aromatic heterocycles. The summed E-state index contributed by atoms with van der Waals surface area (Å²) >= 11 is 18.0. The van der Waals surface area contributed by atoms with E-state index < -0.39 is 0 Å². The van der Waals surface area contributed by atoms with Gasteiger partial charge < -0.3 is 4.57 Å². The average Bonchev–Trinajstić information content (AvgIpc) is 2.57. The van der Waals surface area contributed by atoms with Crippen LogP contribution in [0.25, 0.3) is 10.9 Å². The first-order valence-electron chi connectivity index (χ1n) is 7.23. The van der Waals surface area contributed by atoms with Gasteiger partial charge in [0.1, 0.15) is 6.54 Å². The number of benzene rings is 2. The third-order valence-corrected chi connectivity index (χ3v) is 4.35. The number of rotatable bonds is 4. The molecule has 5 nitrogen and oxygen atoms in total. The standard InChI is InChI=1S/C17H12Cl3N3O2/c18-10-7-12(19)17(13(20)8-10)22-21-16(25)9-23-6-5-15(24)11-3-1-2-4-14(11)23/h1-8,22H,9H2,(H,21,25). The molecule has 1 heterocycles. The van der Waals surface area contributed by atoms with E-state index in [4.69, 9.17) is 34.8 Å². The lowest BCUT2D eigenvalue weighted by molar-refractivity contribution is -0.121. The highest BCUT2D eigenvalue weighted by atomic mass is 35.5. The predicted molar refractivity (Wildman–Crippen MR) is 101 cm³/mol. The van der Waals surface area contributed by atoms with Crippen molar-refractivity contribution < 1.29 is 4.79 Å². The maximum Gasteiger partial charge on any atom is 0.258 e. The van der Waals surface area contributed by atoms with E-state index in [0.29, 0.717) is 21.6 Å². The van der Waals surface area contributed by atoms with Crippen LogP contribution < -0.4 is 16.3 Å². The molecule has 0 aliphatic heterocycles. The van der Waals surface area contributed by atoms with E-state index in [-0.39, 0.29) is 27.9 Å². The summed E-state index contributed by atoms with van der Waals surface area (Å²) in [6, 6.07) is 11.5. The van der Waals surface area contributed by atoms with Crippen molar-refractivity contribution in [3.8, 4) is 0 Å². The second-order valence-electron chi connectivity index (χ2n) is 5.24. The minimum absolute atomic E-state index is 0.0105. The van der Waals surface area contributed by atoms with Gasteiger partial charge in [-0.1, -0.05) is 46.9 Å². The maximum atomic E-state index is 12.2. The number of hydrogen-bond acceptors (Lipinski definition) is 3. The van der Waals surface area contributed by atoms with Crippen LogP contribution in [-0.2, 0) is 11.3 Å². The van der Waals surface area contributed by atoms with E-state index in [1.165, 1.54) is 18.2 Å². The minimum atomic E-state index is -0.337. The lowest BCUT2D eigenvalue weighted by atomic mass is 10.2. The summed E-state index contributed by atoms with van der Waals surface area (Å²) in [6.45, 7) is 0.0105. The minimum Gasteiger partial charge on any atom is -0.338 e. The van der Waals surface area contributed by atoms with E-state index in [0.717, 1.165) is 0 Å². The highest BCUT2D eigenvalue weighted by Crippen LogP contribution is 2.33. The van der Waals surface area contributed by atoms with Gasteiger partial charge in [0, 0.05) is 22.7 Å². The molecule has 0 atom stereocenters. The molecule has 0 saturated carbocycles. The van der Waals surface area contributed by atoms with Crippen LogP contribution in [0, 0.1) is 0 Å². The summed E-state index contributed by atoms with van der Waals surface area (Å²) in [5.41, 5.74) is 6.15. The molecule has 0 bridgehead atoms. The van der Waals surface area contributed by atoms with Crippen molar-refractivity contribution in [2.24, 2.45) is 0 Å². The van der Waals surface area contributed by atoms with Crippen LogP contribution in [0.4, 0.5) is 5.69 Å². The summed E-state index contributed by atoms with van der Waals surface area (Å²) in [6.07, 6.45) is 1.58. The van der Waals surface area contributed by atoms with Crippen LogP contribution in [0.1, 0.15) is 0 Å². The topological polar surface area (TPSA) is 63.1 Å². The Morgan fingerprint density at radius 2 is 1.72 bits per heavy atom. The van der Waals surface area contributed by atoms with Crippen LogP contribution in [0.15, 0.2) is 53.5 Å². The molecule has 2 aromatic carbocycles. The molecule has 0 fully saturated rings. The van der Waals surface area contributed by atoms with Crippen molar-refractivity contribution in [2.75, 3.05) is 5.43 Å². The number of hydrogen-bond donors (Lipinski definition) is 2. The van der Waals surface area contributed by atoms with Gasteiger partial charge in [0.2, 0.25) is 0 Å². The molecule has 0 unspecified atom stereocenters. The van der Waals surface area contributed by atoms with Crippen molar-refractivity contribution in [2.45, 2.75) is 6.54 Å². The van der Waals surface area contributed by atoms with Crippen molar-refractivity contribution in [3.63, 3.8) is 0 Å². The van der Waals surface area contributed by atoms with E-state index in [2.05, 4.69) is 10.9 Å². The van der Waals surface area contributed by atoms with Crippen LogP contribution in [0.5, 0.6) is 0 Å². The molecule has 0 saturated heterocycles. The largest absolute Gasteiger partial charge is 0.338 e. The predicted octanol–water partition coefficient (Wildman–Crippen LogP) is 4.11. The first-order chi connectivity index (χ1) is 12.0. The zero-order chi connectivity index (χ0) is 18.0. The van der Waals surface area contributed by atoms with Gasteiger partial charge in [0.25, 0.3) is 5.91 Å². The van der Waals surface area contributed by atoms with E-state index in [1.54, 1.807) is 29.0 Å². The van der Waals surface area contributed by atoms with Gasteiger partial charge in [-0.15, -0.1) is 0 Å². The van der Waals surface area contributed by atoms with Gasteiger partial charge in [0.05, 0.1) is 21.2 Å². The van der Waals surface area contributed by atoms with E-state index >= 15 is 0 Å². The SMILES string of the molecule is O=C(Cn1ccc(=O)c2ccccc21)NNc1c(Cl)cc(Cl)cc1Cl. The highest BCUT2D eigenvalue weighted by Gasteiger charge is 2.10. The number of nitrogens with one attached hydrogen (secondary N) is 2. The van der Waals surface area contributed by atoms with Crippen molar-refractivity contribution >= 4 is 57.3 Å². The lowest BCUT2D eigenvalue weighted by Crippen LogP contribution is -2.33. The Morgan fingerprint density at radius 1 is 1.04 bits per heavy atom. The molecule has 128 valence electrons. The second kappa shape index (κ2) is 7.35. The molecule has 0 aliphatic rings. The van der Waals surface area contributed by atoms with Gasteiger partial charge in [-0.3, -0.25) is 20.4 Å². The smallest absolute Gasteiger partial charge is 0.258 e. The van der Waals surface area contributed by atoms with Gasteiger partial charge >= 0.3 is 0 Å². The number of anilines is 1. The van der Waals surface area contributed by atoms with E-state index in [1.807, 2.05) is 6.07 Å². The number of carbonyl (C=O) groups excluding carboxylic acids is 1. The van der Waals surface area contributed by atoms with Crippen LogP contribution in [0.3, 0.4) is 0 Å². The van der Waals surface area contributed by atoms with Gasteiger partial charge in [-0.25, -0.2) is 0 Å². The third kappa shape index (κ3) is 3.90. The third-order valence-electron chi connectivity index (χ3n) is 3.53. The molecule has 3 aromatic rings. The number of nitrogens with zero attached hydrogens (tertiary/aromatic N) is 1. The number of hydrazine groups is 1. The van der Waals surface area contributed by atoms with Gasteiger partial charge in [-0.05, 0) is 24.3 Å². The number of carbonyl (C=O) groups is 1. The lowest BCUT2D eigenvalue weighted by Gasteiger charge is -2.14. The number of para-hydroxylation sites is 1. The molecule has 2 N–H and O–H groups in total. The summed E-state index contributed by atoms with van der Waals surface area (Å²) in [7, 11) is 0. The quantitative estimate of drug-likeness (QED) is 0.653. The summed E-state index contributed by atoms with van der Waals surface area (Å²) in [4.78, 5) is 24.1. The maximum absolute atomic E-state index is 12.2. The summed E-state index contributed by atoms with van der Waals surface area (Å²) in [5.74, 6) is -0.337. The first-order valence-corrected chi connectivity index (χ1v) is 8.36. The van der Waals surface area contributed by atoms with Crippen LogP contribution in [-0.4, -0.2) is 10.5 Å². The fourth-order valence-corrected chi connectivity index (χ4v) is 3.30. The van der Waals surface area contributed by atoms with Crippen molar-refractivity contribution in [1.82, 2.24) is 9.99 Å². The van der Waals surface area contributed by atoms with Crippen LogP contribution in [0.2, 0.25) is 15.1 Å². The molecular formula is C17H12Cl3N3O2. The molecule has 25 heavy (non-hydrogen) atoms. The molecular weight excluding hydrogens is 385 g/mol. The Balaban J connectivity index is 1.76. The Labute approximate surface area is 158 Å². The highest BCUT2D eigenvalue weighted by molar-refractivity contribution is 6.41. The normalized spacial score (nSPS) is 10.7. The van der Waals surface area contributed by atoms with Crippen LogP contribution >= 0.6 is 34.8 Å². The number of aromatic nitrogens is 1. The molecule has 0 radical (unpaired) electrons. The van der Waals surface area contributed by atoms with E-state index in [9.17, 15) is 9.59 Å². The number of pyridine rings is 1. The molecule has 3 rings (SSSR count). The van der Waals surface area contributed by atoms with Gasteiger partial charge in [0.15, 0.2) is 5.43 Å². The number of halogens is 3. The Kier molecular flexibility index (Phi) is 5.18. The Bertz CT molecular complexity index is 994. The Hall–Kier alpha value is -2.21. The zero-order valence-corrected chi connectivity index (χ0v) is 15.0. The number of fused-ring (bicyclic) bond motifs is 1. The zero-order valence-electron chi connectivity index (χ0n) is 12.7. The Morgan fingerprint density at radius 3 is 2.44 bits per heavy atom. The fourth-order valence-electron chi connectivity index (χ4n) is 2.39. The molecule has 0 aliphatic carbocycles. The fraction of sp³-hybridized carbons (Fsp3) is 0.0588. The monoisotopic (exact) mass is 395 g/mol. The van der Waals surface area contributed by atoms with Gasteiger partial charge in [-0.2, -0.15) is 0 Å². The van der Waals surface area contributed by atoms with Crippen molar-refractivity contribution in [3.05, 3.63) is 74.0 Å². The summed E-state index contributed by atoms with van der Waals surface area (Å²) in [5, 5.41) is 1.51. The molecule has 0 spiro atoms. The molecule has 1 amide bonds. The number of amides is 1. The summed E-state index contributed by atoms with van der Waals surface area (Å²) < 4.78 is 1.68. The molecule has 8 heteroatoms.